The van der Waals surface area contributed by atoms with E-state index in [9.17, 15) is 14.4 Å². The molecule has 348 valence electrons. The Kier molecular flexibility index (Phi) is 22.0. The third-order valence-corrected chi connectivity index (χ3v) is 9.94. The van der Waals surface area contributed by atoms with Crippen LogP contribution in [0.25, 0.3) is 18.2 Å². The Morgan fingerprint density at radius 2 is 1.03 bits per heavy atom. The number of fused-ring (bicyclic) bond motifs is 3. The van der Waals surface area contributed by atoms with E-state index >= 15 is 0 Å². The maximum absolute atomic E-state index is 11.8. The molecule has 0 bridgehead atoms. The number of unbranched alkanes of at least 4 members (excludes halogenated alkanes) is 5. The first kappa shape index (κ1) is 50.9. The van der Waals surface area contributed by atoms with Crippen molar-refractivity contribution in [2.24, 2.45) is 5.92 Å². The van der Waals surface area contributed by atoms with Crippen LogP contribution in [-0.4, -0.2) is 68.1 Å². The molecule has 1 atom stereocenters. The molecule has 0 aromatic heterocycles. The van der Waals surface area contributed by atoms with Crippen molar-refractivity contribution in [3.63, 3.8) is 0 Å². The van der Waals surface area contributed by atoms with Gasteiger partial charge in [0.05, 0.1) is 0 Å². The van der Waals surface area contributed by atoms with E-state index in [4.69, 9.17) is 38.6 Å². The first-order chi connectivity index (χ1) is 31.5. The number of aliphatic carboxylic acids is 1. The van der Waals surface area contributed by atoms with Crippen molar-refractivity contribution >= 4 is 36.0 Å². The van der Waals surface area contributed by atoms with Gasteiger partial charge in [-0.3, -0.25) is 9.59 Å². The SMILES string of the molecule is CC(C=CC(=O)NCC(C)CO)=Cc1ccc2c(c1)OCO2.CCC(C=CC(=O)O)=Cc1ccc2c(c1)OCO2.CCCCCCCCNC(=O)C=CC(C)=Cc1ccc2c(c1)OCO2. The van der Waals surface area contributed by atoms with Crippen molar-refractivity contribution in [3.05, 3.63) is 124 Å². The van der Waals surface area contributed by atoms with Crippen LogP contribution in [0.4, 0.5) is 0 Å². The summed E-state index contributed by atoms with van der Waals surface area (Å²) >= 11 is 0. The highest BCUT2D eigenvalue weighted by molar-refractivity contribution is 5.88. The van der Waals surface area contributed by atoms with Crippen LogP contribution >= 0.6 is 0 Å². The number of ether oxygens (including phenoxy) is 6. The maximum atomic E-state index is 11.8. The Morgan fingerprint density at radius 3 is 1.49 bits per heavy atom. The van der Waals surface area contributed by atoms with Gasteiger partial charge in [-0.15, -0.1) is 0 Å². The Balaban J connectivity index is 0.000000216. The monoisotopic (exact) mass is 892 g/mol. The summed E-state index contributed by atoms with van der Waals surface area (Å²) < 4.78 is 31.8. The molecule has 0 saturated heterocycles. The number of aliphatic hydroxyl groups is 1. The summed E-state index contributed by atoms with van der Waals surface area (Å²) in [4.78, 5) is 33.9. The number of nitrogens with one attached hydrogen (secondary N) is 2. The number of hydrogen-bond donors (Lipinski definition) is 4. The van der Waals surface area contributed by atoms with Gasteiger partial charge in [0.25, 0.3) is 0 Å². The van der Waals surface area contributed by atoms with Gasteiger partial charge in [0.2, 0.25) is 32.2 Å². The van der Waals surface area contributed by atoms with Crippen molar-refractivity contribution in [1.29, 1.82) is 0 Å². The molecule has 65 heavy (non-hydrogen) atoms. The second-order valence-corrected chi connectivity index (χ2v) is 15.6. The number of aliphatic hydroxyl groups excluding tert-OH is 1. The minimum atomic E-state index is -0.944. The Labute approximate surface area is 383 Å². The molecule has 0 radical (unpaired) electrons. The van der Waals surface area contributed by atoms with E-state index in [1.165, 1.54) is 38.2 Å². The number of carbonyl (C=O) groups excluding carboxylic acids is 2. The van der Waals surface area contributed by atoms with Crippen LogP contribution in [0.15, 0.2) is 108 Å². The fourth-order valence-electron chi connectivity index (χ4n) is 6.28. The van der Waals surface area contributed by atoms with Crippen LogP contribution in [0, 0.1) is 5.92 Å². The highest BCUT2D eigenvalue weighted by Gasteiger charge is 2.14. The third-order valence-electron chi connectivity index (χ3n) is 9.94. The molecule has 3 aromatic carbocycles. The number of carboxylic acids is 1. The van der Waals surface area contributed by atoms with E-state index in [1.54, 1.807) is 18.2 Å². The smallest absolute Gasteiger partial charge is 0.328 e. The Morgan fingerprint density at radius 1 is 0.585 bits per heavy atom. The van der Waals surface area contributed by atoms with E-state index in [-0.39, 0.29) is 44.7 Å². The molecular weight excluding hydrogens is 829 g/mol. The molecule has 6 rings (SSSR count). The standard InChI is InChI=1S/C21H29NO3.C17H21NO4.C14H14O4/c1-3-4-5-6-7-8-13-22-21(23)12-9-17(2)14-18-10-11-19-20(15-18)25-16-24-19;1-12(3-6-17(20)18-9-13(2)10-19)7-14-4-5-15-16(8-14)22-11-21-15;1-2-10(4-6-14(15)16)7-11-3-5-12-13(8-11)18-9-17-12/h9-12,14-15H,3-8,13,16H2,1-2H3,(H,22,23);3-8,13,19H,9-11H2,1-2H3,(H,18,20);3-8H,2,9H2,1H3,(H,15,16). The fourth-order valence-corrected chi connectivity index (χ4v) is 6.28. The molecule has 1 unspecified atom stereocenters. The maximum Gasteiger partial charge on any atom is 0.328 e. The van der Waals surface area contributed by atoms with Gasteiger partial charge in [-0.1, -0.05) is 119 Å². The van der Waals surface area contributed by atoms with Crippen molar-refractivity contribution in [3.8, 4) is 34.5 Å². The van der Waals surface area contributed by atoms with Gasteiger partial charge >= 0.3 is 5.97 Å². The zero-order valence-electron chi connectivity index (χ0n) is 38.2. The summed E-state index contributed by atoms with van der Waals surface area (Å²) in [7, 11) is 0. The van der Waals surface area contributed by atoms with Crippen LogP contribution in [0.2, 0.25) is 0 Å². The van der Waals surface area contributed by atoms with Crippen LogP contribution in [0.5, 0.6) is 34.5 Å². The van der Waals surface area contributed by atoms with E-state index in [2.05, 4.69) is 17.6 Å². The molecule has 0 saturated carbocycles. The molecule has 0 fully saturated rings. The van der Waals surface area contributed by atoms with Crippen LogP contribution < -0.4 is 39.1 Å². The molecule has 2 amide bonds. The van der Waals surface area contributed by atoms with Crippen molar-refractivity contribution in [1.82, 2.24) is 10.6 Å². The predicted octanol–water partition coefficient (Wildman–Crippen LogP) is 9.82. The average Bonchev–Trinajstić information content (AvgIpc) is 4.09. The molecular formula is C52H64N2O11. The normalized spacial score (nSPS) is 14.2. The second kappa shape index (κ2) is 28.1. The van der Waals surface area contributed by atoms with Crippen LogP contribution in [-0.2, 0) is 14.4 Å². The number of carboxylic acid groups (broad SMARTS) is 1. The molecule has 13 heteroatoms. The van der Waals surface area contributed by atoms with E-state index < -0.39 is 5.97 Å². The minimum absolute atomic E-state index is 0.0352. The summed E-state index contributed by atoms with van der Waals surface area (Å²) in [5, 5.41) is 23.2. The lowest BCUT2D eigenvalue weighted by Gasteiger charge is -2.07. The van der Waals surface area contributed by atoms with Crippen molar-refractivity contribution in [2.45, 2.75) is 79.6 Å². The van der Waals surface area contributed by atoms with Crippen LogP contribution in [0.3, 0.4) is 0 Å². The number of carbonyl (C=O) groups is 3. The zero-order chi connectivity index (χ0) is 46.8. The number of amides is 2. The lowest BCUT2D eigenvalue weighted by atomic mass is 10.1. The number of rotatable bonds is 20. The summed E-state index contributed by atoms with van der Waals surface area (Å²) in [5.41, 5.74) is 5.87. The molecule has 4 N–H and O–H groups in total. The summed E-state index contributed by atoms with van der Waals surface area (Å²) in [6.45, 7) is 12.0. The van der Waals surface area contributed by atoms with Gasteiger partial charge < -0.3 is 49.3 Å². The lowest BCUT2D eigenvalue weighted by Crippen LogP contribution is -2.27. The van der Waals surface area contributed by atoms with Gasteiger partial charge in [0.1, 0.15) is 0 Å². The topological polar surface area (TPSA) is 171 Å². The van der Waals surface area contributed by atoms with Gasteiger partial charge in [-0.2, -0.15) is 0 Å². The first-order valence-corrected chi connectivity index (χ1v) is 22.2. The molecule has 13 nitrogen and oxygen atoms in total. The molecule has 3 heterocycles. The van der Waals surface area contributed by atoms with Crippen molar-refractivity contribution in [2.75, 3.05) is 40.1 Å². The fraction of sp³-hybridized carbons (Fsp3) is 0.365. The molecule has 0 spiro atoms. The predicted molar refractivity (Wildman–Crippen MR) is 254 cm³/mol. The van der Waals surface area contributed by atoms with E-state index in [0.29, 0.717) is 6.54 Å². The minimum Gasteiger partial charge on any atom is -0.478 e. The number of benzene rings is 3. The summed E-state index contributed by atoms with van der Waals surface area (Å²) in [6.07, 6.45) is 23.5. The largest absolute Gasteiger partial charge is 0.478 e. The Bertz CT molecular complexity index is 2220. The van der Waals surface area contributed by atoms with Gasteiger partial charge in [0, 0.05) is 37.9 Å². The van der Waals surface area contributed by atoms with Gasteiger partial charge in [-0.05, 0) is 91.3 Å². The molecule has 3 aliphatic rings. The molecule has 3 aliphatic heterocycles. The zero-order valence-corrected chi connectivity index (χ0v) is 38.2. The highest BCUT2D eigenvalue weighted by atomic mass is 16.7. The van der Waals surface area contributed by atoms with E-state index in [1.807, 2.05) is 107 Å². The second-order valence-electron chi connectivity index (χ2n) is 15.6. The van der Waals surface area contributed by atoms with Gasteiger partial charge in [-0.25, -0.2) is 4.79 Å². The van der Waals surface area contributed by atoms with Crippen LogP contribution in [0.1, 0.15) is 96.3 Å². The molecule has 0 aliphatic carbocycles. The van der Waals surface area contributed by atoms with Gasteiger partial charge in [0.15, 0.2) is 34.5 Å². The quantitative estimate of drug-likeness (QED) is 0.0484. The third kappa shape index (κ3) is 19.3. The summed E-state index contributed by atoms with van der Waals surface area (Å²) in [6, 6.07) is 17.2. The highest BCUT2D eigenvalue weighted by Crippen LogP contribution is 2.35. The van der Waals surface area contributed by atoms with E-state index in [0.717, 1.165) is 93.4 Å². The first-order valence-electron chi connectivity index (χ1n) is 22.2. The average molecular weight is 893 g/mol. The number of allylic oxidation sites excluding steroid dienone is 6. The molecule has 3 aromatic rings. The van der Waals surface area contributed by atoms with Crippen molar-refractivity contribution < 1.29 is 53.0 Å². The number of hydrogen-bond acceptors (Lipinski definition) is 10. The lowest BCUT2D eigenvalue weighted by molar-refractivity contribution is -0.131. The Hall–Kier alpha value is -6.73. The summed E-state index contributed by atoms with van der Waals surface area (Å²) in [5.74, 6) is 3.41.